The third-order valence-electron chi connectivity index (χ3n) is 3.66. The number of fused-ring (bicyclic) bond motifs is 1. The number of hydrogen-bond donors (Lipinski definition) is 1. The van der Waals surface area contributed by atoms with E-state index in [9.17, 15) is 0 Å². The van der Waals surface area contributed by atoms with Gasteiger partial charge < -0.3 is 10.1 Å². The van der Waals surface area contributed by atoms with E-state index in [2.05, 4.69) is 42.6 Å². The maximum atomic E-state index is 6.09. The van der Waals surface area contributed by atoms with Crippen molar-refractivity contribution < 1.29 is 4.74 Å². The maximum absolute atomic E-state index is 6.09. The van der Waals surface area contributed by atoms with E-state index in [4.69, 9.17) is 16.3 Å². The second-order valence-electron chi connectivity index (χ2n) is 4.92. The molecule has 2 atom stereocenters. The van der Waals surface area contributed by atoms with Crippen molar-refractivity contribution in [3.05, 3.63) is 56.7 Å². The Morgan fingerprint density at radius 3 is 2.95 bits per heavy atom. The van der Waals surface area contributed by atoms with Gasteiger partial charge in [-0.2, -0.15) is 0 Å². The number of thiophene rings is 1. The van der Waals surface area contributed by atoms with Crippen LogP contribution < -0.4 is 5.32 Å². The first-order chi connectivity index (χ1) is 9.79. The molecule has 0 saturated heterocycles. The van der Waals surface area contributed by atoms with Crippen LogP contribution in [0.3, 0.4) is 0 Å². The number of halogens is 1. The molecule has 2 heterocycles. The van der Waals surface area contributed by atoms with Crippen LogP contribution in [0.1, 0.15) is 35.1 Å². The largest absolute Gasteiger partial charge is 0.371 e. The summed E-state index contributed by atoms with van der Waals surface area (Å²) in [6.45, 7) is 3.81. The molecule has 4 heteroatoms. The van der Waals surface area contributed by atoms with Gasteiger partial charge in [-0.25, -0.2) is 0 Å². The highest BCUT2D eigenvalue weighted by atomic mass is 35.5. The SMILES string of the molecule is CCNC(c1ccc(Cl)s1)C1OCCc2ccccc21. The van der Waals surface area contributed by atoms with Gasteiger partial charge in [0.2, 0.25) is 0 Å². The highest BCUT2D eigenvalue weighted by Crippen LogP contribution is 2.40. The van der Waals surface area contributed by atoms with Crippen LogP contribution >= 0.6 is 22.9 Å². The van der Waals surface area contributed by atoms with Crippen LogP contribution in [0.15, 0.2) is 36.4 Å². The minimum Gasteiger partial charge on any atom is -0.371 e. The van der Waals surface area contributed by atoms with E-state index in [1.54, 1.807) is 11.3 Å². The van der Waals surface area contributed by atoms with Gasteiger partial charge in [-0.1, -0.05) is 42.8 Å². The fourth-order valence-corrected chi connectivity index (χ4v) is 3.93. The Morgan fingerprint density at radius 2 is 2.20 bits per heavy atom. The molecular formula is C16H18ClNOS. The van der Waals surface area contributed by atoms with Crippen molar-refractivity contribution in [1.29, 1.82) is 0 Å². The summed E-state index contributed by atoms with van der Waals surface area (Å²) in [6.07, 6.45) is 1.06. The Bertz CT molecular complexity index is 583. The summed E-state index contributed by atoms with van der Waals surface area (Å²) in [5.41, 5.74) is 2.70. The van der Waals surface area contributed by atoms with Gasteiger partial charge in [-0.05, 0) is 36.2 Å². The Morgan fingerprint density at radius 1 is 1.35 bits per heavy atom. The molecule has 0 fully saturated rings. The Kier molecular flexibility index (Phi) is 4.41. The third kappa shape index (κ3) is 2.77. The topological polar surface area (TPSA) is 21.3 Å². The molecule has 2 nitrogen and oxygen atoms in total. The fourth-order valence-electron chi connectivity index (χ4n) is 2.77. The second-order valence-corrected chi connectivity index (χ2v) is 6.66. The van der Waals surface area contributed by atoms with Gasteiger partial charge in [-0.15, -0.1) is 11.3 Å². The van der Waals surface area contributed by atoms with E-state index in [1.807, 2.05) is 6.07 Å². The lowest BCUT2D eigenvalue weighted by atomic mass is 9.92. The number of ether oxygens (including phenoxy) is 1. The van der Waals surface area contributed by atoms with Crippen LogP contribution in [-0.2, 0) is 11.2 Å². The molecule has 1 aromatic heterocycles. The van der Waals surface area contributed by atoms with Gasteiger partial charge in [-0.3, -0.25) is 0 Å². The summed E-state index contributed by atoms with van der Waals surface area (Å²) >= 11 is 7.72. The first-order valence-corrected chi connectivity index (χ1v) is 8.17. The quantitative estimate of drug-likeness (QED) is 0.906. The number of nitrogens with one attached hydrogen (secondary N) is 1. The number of benzene rings is 1. The lowest BCUT2D eigenvalue weighted by Gasteiger charge is -2.32. The molecule has 1 aliphatic rings. The van der Waals surface area contributed by atoms with E-state index in [0.717, 1.165) is 23.9 Å². The summed E-state index contributed by atoms with van der Waals surface area (Å²) < 4.78 is 6.91. The summed E-state index contributed by atoms with van der Waals surface area (Å²) in [5.74, 6) is 0. The Labute approximate surface area is 128 Å². The van der Waals surface area contributed by atoms with Crippen molar-refractivity contribution in [2.45, 2.75) is 25.5 Å². The standard InChI is InChI=1S/C16H18ClNOS/c1-2-18-15(13-7-8-14(17)20-13)16-12-6-4-3-5-11(12)9-10-19-16/h3-8,15-16,18H,2,9-10H2,1H3. The van der Waals surface area contributed by atoms with Crippen molar-refractivity contribution in [2.75, 3.05) is 13.2 Å². The number of likely N-dealkylation sites (N-methyl/N-ethyl adjacent to an activating group) is 1. The zero-order chi connectivity index (χ0) is 13.9. The molecule has 1 N–H and O–H groups in total. The van der Waals surface area contributed by atoms with Crippen molar-refractivity contribution >= 4 is 22.9 Å². The normalized spacial score (nSPS) is 19.6. The third-order valence-corrected chi connectivity index (χ3v) is 4.97. The van der Waals surface area contributed by atoms with Gasteiger partial charge in [0, 0.05) is 4.88 Å². The molecule has 0 spiro atoms. The monoisotopic (exact) mass is 307 g/mol. The van der Waals surface area contributed by atoms with Crippen LogP contribution in [0.5, 0.6) is 0 Å². The molecule has 0 amide bonds. The van der Waals surface area contributed by atoms with Crippen molar-refractivity contribution in [1.82, 2.24) is 5.32 Å². The Balaban J connectivity index is 1.96. The molecule has 2 aromatic rings. The minimum atomic E-state index is 0.0645. The molecule has 106 valence electrons. The molecule has 0 radical (unpaired) electrons. The first-order valence-electron chi connectivity index (χ1n) is 6.97. The zero-order valence-electron chi connectivity index (χ0n) is 11.4. The summed E-state index contributed by atoms with van der Waals surface area (Å²) in [5, 5.41) is 3.55. The van der Waals surface area contributed by atoms with E-state index in [-0.39, 0.29) is 12.1 Å². The smallest absolute Gasteiger partial charge is 0.103 e. The molecule has 0 saturated carbocycles. The molecule has 0 bridgehead atoms. The second kappa shape index (κ2) is 6.27. The summed E-state index contributed by atoms with van der Waals surface area (Å²) in [6, 6.07) is 12.8. The van der Waals surface area contributed by atoms with Gasteiger partial charge in [0.1, 0.15) is 6.10 Å². The van der Waals surface area contributed by atoms with Crippen molar-refractivity contribution in [3.8, 4) is 0 Å². The molecule has 1 aliphatic heterocycles. The highest BCUT2D eigenvalue weighted by molar-refractivity contribution is 7.16. The van der Waals surface area contributed by atoms with E-state index in [0.29, 0.717) is 0 Å². The lowest BCUT2D eigenvalue weighted by molar-refractivity contribution is 0.0160. The molecule has 0 aliphatic carbocycles. The summed E-state index contributed by atoms with van der Waals surface area (Å²) in [4.78, 5) is 1.23. The van der Waals surface area contributed by atoms with Gasteiger partial charge in [0.05, 0.1) is 17.0 Å². The average Bonchev–Trinajstić information content (AvgIpc) is 2.91. The molecule has 2 unspecified atom stereocenters. The molecule has 3 rings (SSSR count). The Hall–Kier alpha value is -0.870. The maximum Gasteiger partial charge on any atom is 0.103 e. The van der Waals surface area contributed by atoms with Crippen molar-refractivity contribution in [2.24, 2.45) is 0 Å². The van der Waals surface area contributed by atoms with Crippen molar-refractivity contribution in [3.63, 3.8) is 0 Å². The van der Waals surface area contributed by atoms with Gasteiger partial charge in [0.25, 0.3) is 0 Å². The van der Waals surface area contributed by atoms with E-state index < -0.39 is 0 Å². The van der Waals surface area contributed by atoms with E-state index >= 15 is 0 Å². The minimum absolute atomic E-state index is 0.0645. The summed E-state index contributed by atoms with van der Waals surface area (Å²) in [7, 11) is 0. The molecule has 20 heavy (non-hydrogen) atoms. The zero-order valence-corrected chi connectivity index (χ0v) is 13.0. The van der Waals surface area contributed by atoms with Gasteiger partial charge in [0.15, 0.2) is 0 Å². The van der Waals surface area contributed by atoms with Crippen LogP contribution in [-0.4, -0.2) is 13.2 Å². The average molecular weight is 308 g/mol. The van der Waals surface area contributed by atoms with Crippen LogP contribution in [0.4, 0.5) is 0 Å². The highest BCUT2D eigenvalue weighted by Gasteiger charge is 2.30. The van der Waals surface area contributed by atoms with Crippen LogP contribution in [0.25, 0.3) is 0 Å². The predicted octanol–water partition coefficient (Wildman–Crippen LogP) is 4.37. The number of rotatable bonds is 4. The van der Waals surface area contributed by atoms with Crippen LogP contribution in [0.2, 0.25) is 4.34 Å². The van der Waals surface area contributed by atoms with Gasteiger partial charge >= 0.3 is 0 Å². The number of hydrogen-bond acceptors (Lipinski definition) is 3. The molecular weight excluding hydrogens is 290 g/mol. The fraction of sp³-hybridized carbons (Fsp3) is 0.375. The van der Waals surface area contributed by atoms with Crippen LogP contribution in [0, 0.1) is 0 Å². The lowest BCUT2D eigenvalue weighted by Crippen LogP contribution is -2.31. The first kappa shape index (κ1) is 14.1. The van der Waals surface area contributed by atoms with E-state index in [1.165, 1.54) is 16.0 Å². The molecule has 1 aromatic carbocycles. The predicted molar refractivity (Wildman–Crippen MR) is 84.6 cm³/mol.